The summed E-state index contributed by atoms with van der Waals surface area (Å²) in [5.74, 6) is -3.55. The van der Waals surface area contributed by atoms with Gasteiger partial charge in [-0.05, 0) is 25.5 Å². The Labute approximate surface area is 181 Å². The molecule has 9 nitrogen and oxygen atoms in total. The zero-order valence-electron chi connectivity index (χ0n) is 17.5. The molecule has 0 radical (unpaired) electrons. The summed E-state index contributed by atoms with van der Waals surface area (Å²) < 4.78 is 41.9. The minimum atomic E-state index is -1.78. The van der Waals surface area contributed by atoms with Crippen LogP contribution in [0, 0.1) is 24.0 Å². The van der Waals surface area contributed by atoms with Crippen LogP contribution >= 0.6 is 0 Å². The first-order chi connectivity index (χ1) is 15.1. The van der Waals surface area contributed by atoms with Crippen LogP contribution in [0.25, 0.3) is 11.3 Å². The second-order valence-corrected chi connectivity index (χ2v) is 8.44. The maximum absolute atomic E-state index is 15.5. The number of imide groups is 2. The number of nitrogens with one attached hydrogen (secondary N) is 2. The van der Waals surface area contributed by atoms with Gasteiger partial charge in [0.15, 0.2) is 28.7 Å². The van der Waals surface area contributed by atoms with Gasteiger partial charge in [-0.3, -0.25) is 20.2 Å². The molecule has 1 spiro atoms. The Bertz CT molecular complexity index is 1160. The van der Waals surface area contributed by atoms with Crippen LogP contribution in [0.2, 0.25) is 0 Å². The number of fused-ring (bicyclic) bond motifs is 4. The smallest absolute Gasteiger partial charge is 0.328 e. The fraction of sp³-hybridized carbons (Fsp3) is 0.429. The molecule has 2 aromatic rings. The van der Waals surface area contributed by atoms with Crippen LogP contribution in [0.1, 0.15) is 25.3 Å². The predicted molar refractivity (Wildman–Crippen MR) is 106 cm³/mol. The number of carbonyl (C=O) groups is 3. The molecule has 4 amide bonds. The third-order valence-electron chi connectivity index (χ3n) is 6.35. The van der Waals surface area contributed by atoms with Gasteiger partial charge in [0.2, 0.25) is 11.8 Å². The summed E-state index contributed by atoms with van der Waals surface area (Å²) in [5.41, 5.74) is -1.74. The lowest BCUT2D eigenvalue weighted by molar-refractivity contribution is -0.153. The van der Waals surface area contributed by atoms with Crippen molar-refractivity contribution in [1.29, 1.82) is 0 Å². The van der Waals surface area contributed by atoms with Gasteiger partial charge in [-0.25, -0.2) is 18.6 Å². The molecule has 1 aromatic carbocycles. The molecule has 0 bridgehead atoms. The molecule has 2 saturated heterocycles. The summed E-state index contributed by atoms with van der Waals surface area (Å²) in [6.45, 7) is 5.12. The molecule has 3 atom stereocenters. The summed E-state index contributed by atoms with van der Waals surface area (Å²) in [7, 11) is 0. The maximum atomic E-state index is 15.5. The van der Waals surface area contributed by atoms with Crippen LogP contribution in [0.15, 0.2) is 16.7 Å². The number of oxazole rings is 1. The quantitative estimate of drug-likeness (QED) is 0.643. The van der Waals surface area contributed by atoms with Gasteiger partial charge in [-0.15, -0.1) is 0 Å². The van der Waals surface area contributed by atoms with Crippen molar-refractivity contribution < 1.29 is 32.3 Å². The predicted octanol–water partition coefficient (Wildman–Crippen LogP) is 1.82. The number of hydrogen-bond donors (Lipinski definition) is 2. The highest BCUT2D eigenvalue weighted by Gasteiger charge is 2.63. The first kappa shape index (κ1) is 20.6. The van der Waals surface area contributed by atoms with E-state index in [4.69, 9.17) is 9.15 Å². The van der Waals surface area contributed by atoms with E-state index in [1.165, 1.54) is 17.2 Å². The second-order valence-electron chi connectivity index (χ2n) is 8.44. The first-order valence-corrected chi connectivity index (χ1v) is 10.2. The van der Waals surface area contributed by atoms with Crippen LogP contribution in [-0.4, -0.2) is 47.6 Å². The number of benzene rings is 1. The van der Waals surface area contributed by atoms with Gasteiger partial charge >= 0.3 is 6.03 Å². The van der Waals surface area contributed by atoms with Gasteiger partial charge < -0.3 is 14.1 Å². The molecule has 168 valence electrons. The average Bonchev–Trinajstić information content (AvgIpc) is 3.14. The van der Waals surface area contributed by atoms with Crippen molar-refractivity contribution in [2.75, 3.05) is 11.4 Å². The van der Waals surface area contributed by atoms with Gasteiger partial charge in [0.1, 0.15) is 0 Å². The summed E-state index contributed by atoms with van der Waals surface area (Å²) >= 11 is 0. The number of urea groups is 1. The lowest BCUT2D eigenvalue weighted by Crippen LogP contribution is -2.75. The van der Waals surface area contributed by atoms with Gasteiger partial charge in [-0.1, -0.05) is 0 Å². The molecule has 0 unspecified atom stereocenters. The summed E-state index contributed by atoms with van der Waals surface area (Å²) in [6, 6.07) is -0.511. The summed E-state index contributed by atoms with van der Waals surface area (Å²) in [6.07, 6.45) is -0.0397. The largest absolute Gasteiger partial charge is 0.441 e. The number of amides is 4. The van der Waals surface area contributed by atoms with E-state index in [9.17, 15) is 14.4 Å². The number of hydrogen-bond acceptors (Lipinski definition) is 7. The average molecular weight is 446 g/mol. The third-order valence-corrected chi connectivity index (χ3v) is 6.35. The molecule has 3 aliphatic rings. The second kappa shape index (κ2) is 6.83. The number of halogens is 2. The van der Waals surface area contributed by atoms with Crippen molar-refractivity contribution in [3.8, 4) is 11.3 Å². The maximum Gasteiger partial charge on any atom is 0.328 e. The Kier molecular flexibility index (Phi) is 4.39. The van der Waals surface area contributed by atoms with Crippen molar-refractivity contribution in [2.45, 2.75) is 45.4 Å². The fourth-order valence-electron chi connectivity index (χ4n) is 5.20. The Morgan fingerprint density at radius 1 is 1.16 bits per heavy atom. The van der Waals surface area contributed by atoms with Crippen molar-refractivity contribution in [1.82, 2.24) is 15.6 Å². The minimum absolute atomic E-state index is 0.0225. The third kappa shape index (κ3) is 2.70. The van der Waals surface area contributed by atoms with E-state index in [1.54, 1.807) is 20.8 Å². The number of carbonyl (C=O) groups excluding carboxylic acids is 3. The van der Waals surface area contributed by atoms with Gasteiger partial charge in [0, 0.05) is 19.9 Å². The lowest BCUT2D eigenvalue weighted by atomic mass is 9.66. The Morgan fingerprint density at radius 2 is 1.84 bits per heavy atom. The van der Waals surface area contributed by atoms with E-state index in [0.717, 1.165) is 0 Å². The van der Waals surface area contributed by atoms with E-state index in [-0.39, 0.29) is 47.5 Å². The fourth-order valence-corrected chi connectivity index (χ4v) is 5.20. The Balaban J connectivity index is 1.75. The molecule has 0 saturated carbocycles. The Hall–Kier alpha value is -3.34. The van der Waals surface area contributed by atoms with Gasteiger partial charge in [0.25, 0.3) is 0 Å². The van der Waals surface area contributed by atoms with Crippen LogP contribution < -0.4 is 15.5 Å². The van der Waals surface area contributed by atoms with E-state index >= 15 is 8.78 Å². The normalized spacial score (nSPS) is 26.5. The molecule has 11 heteroatoms. The SMILES string of the molecule is Cc1ncc(-c2cc3c(c(F)c2F)N2C[C@@H](C)O[C@@H](C)[C@@H]2C2(C3)C(=O)NC(=O)NC2=O)o1. The van der Waals surface area contributed by atoms with E-state index in [1.807, 2.05) is 0 Å². The molecule has 3 aliphatic heterocycles. The highest BCUT2D eigenvalue weighted by atomic mass is 19.2. The molecule has 2 fully saturated rings. The van der Waals surface area contributed by atoms with Crippen LogP contribution in [0.5, 0.6) is 0 Å². The van der Waals surface area contributed by atoms with Crippen LogP contribution in [0.3, 0.4) is 0 Å². The number of nitrogens with zero attached hydrogens (tertiary/aromatic N) is 2. The zero-order chi connectivity index (χ0) is 22.9. The number of aryl methyl sites for hydroxylation is 1. The number of aromatic nitrogens is 1. The topological polar surface area (TPSA) is 114 Å². The van der Waals surface area contributed by atoms with E-state index in [0.29, 0.717) is 0 Å². The summed E-state index contributed by atoms with van der Waals surface area (Å²) in [4.78, 5) is 43.4. The van der Waals surface area contributed by atoms with E-state index in [2.05, 4.69) is 15.6 Å². The molecular weight excluding hydrogens is 426 g/mol. The molecule has 0 aliphatic carbocycles. The van der Waals surface area contributed by atoms with Crippen molar-refractivity contribution in [3.63, 3.8) is 0 Å². The zero-order valence-corrected chi connectivity index (χ0v) is 17.5. The number of morpholine rings is 1. The van der Waals surface area contributed by atoms with Crippen molar-refractivity contribution in [2.24, 2.45) is 5.41 Å². The highest BCUT2D eigenvalue weighted by Crippen LogP contribution is 2.49. The lowest BCUT2D eigenvalue weighted by Gasteiger charge is -2.55. The number of anilines is 1. The monoisotopic (exact) mass is 446 g/mol. The number of ether oxygens (including phenoxy) is 1. The molecule has 5 rings (SSSR count). The molecule has 1 aromatic heterocycles. The summed E-state index contributed by atoms with van der Waals surface area (Å²) in [5, 5.41) is 4.31. The first-order valence-electron chi connectivity index (χ1n) is 10.2. The van der Waals surface area contributed by atoms with Crippen molar-refractivity contribution >= 4 is 23.5 Å². The molecule has 32 heavy (non-hydrogen) atoms. The van der Waals surface area contributed by atoms with Gasteiger partial charge in [-0.2, -0.15) is 0 Å². The Morgan fingerprint density at radius 3 is 2.47 bits per heavy atom. The number of rotatable bonds is 1. The van der Waals surface area contributed by atoms with Crippen LogP contribution in [0.4, 0.5) is 19.3 Å². The minimum Gasteiger partial charge on any atom is -0.441 e. The molecular formula is C21H20F2N4O5. The highest BCUT2D eigenvalue weighted by molar-refractivity contribution is 6.20. The molecule has 4 heterocycles. The van der Waals surface area contributed by atoms with Crippen LogP contribution in [-0.2, 0) is 20.7 Å². The van der Waals surface area contributed by atoms with Crippen molar-refractivity contribution in [3.05, 3.63) is 35.4 Å². The standard InChI is InChI=1S/C21H20F2N4O5/c1-8-7-27-16-11(4-12(14(22)15(16)23)13-6-24-10(3)32-13)5-21(17(27)9(2)31-8)18(28)25-20(30)26-19(21)29/h4,6,8-9,17H,5,7H2,1-3H3,(H2,25,26,28,29,30)/t8-,9+,17-/m1/s1. The van der Waals surface area contributed by atoms with Gasteiger partial charge in [0.05, 0.1) is 35.7 Å². The van der Waals surface area contributed by atoms with E-state index < -0.39 is 47.0 Å². The number of barbiturate groups is 1. The molecule has 2 N–H and O–H groups in total.